The molecule has 0 aliphatic carbocycles. The normalized spacial score (nSPS) is 14.6. The number of aromatic amines is 1. The molecule has 0 saturated heterocycles. The fourth-order valence-corrected chi connectivity index (χ4v) is 2.69. The number of hydrogen-bond acceptors (Lipinski definition) is 1. The van der Waals surface area contributed by atoms with Crippen LogP contribution in [-0.4, -0.2) is 12.1 Å². The minimum atomic E-state index is 0.235. The first-order valence-corrected chi connectivity index (χ1v) is 6.89. The molecule has 0 amide bonds. The van der Waals surface area contributed by atoms with E-state index in [0.717, 1.165) is 5.75 Å². The number of unbranched alkanes of at least 4 members (excludes halogenated alkanes) is 2. The first-order chi connectivity index (χ1) is 8.18. The molecule has 0 bridgehead atoms. The Bertz CT molecular complexity index is 318. The predicted octanol–water partition coefficient (Wildman–Crippen LogP) is 4.66. The minimum absolute atomic E-state index is 0.235. The molecule has 1 aromatic rings. The zero-order valence-corrected chi connectivity index (χ0v) is 11.8. The molecular formula is C15H27NO. The SMILES string of the molecule is CCCCCC(C)(CCC)c1[nH]ccc1OC. The fraction of sp³-hybridized carbons (Fsp3) is 0.733. The van der Waals surface area contributed by atoms with Crippen LogP contribution in [0.5, 0.6) is 5.75 Å². The molecule has 0 aliphatic rings. The highest BCUT2D eigenvalue weighted by Crippen LogP contribution is 2.38. The third kappa shape index (κ3) is 3.52. The largest absolute Gasteiger partial charge is 0.495 e. The van der Waals surface area contributed by atoms with Gasteiger partial charge in [-0.3, -0.25) is 0 Å². The van der Waals surface area contributed by atoms with Crippen molar-refractivity contribution in [1.82, 2.24) is 4.98 Å². The van der Waals surface area contributed by atoms with Crippen LogP contribution in [0, 0.1) is 0 Å². The molecule has 1 rings (SSSR count). The second-order valence-electron chi connectivity index (χ2n) is 5.19. The van der Waals surface area contributed by atoms with Gasteiger partial charge in [0.25, 0.3) is 0 Å². The van der Waals surface area contributed by atoms with Crippen molar-refractivity contribution >= 4 is 0 Å². The van der Waals surface area contributed by atoms with Crippen molar-refractivity contribution in [2.45, 2.75) is 64.7 Å². The number of hydrogen-bond donors (Lipinski definition) is 1. The molecule has 2 nitrogen and oxygen atoms in total. The summed E-state index contributed by atoms with van der Waals surface area (Å²) in [6, 6.07) is 2.03. The second-order valence-corrected chi connectivity index (χ2v) is 5.19. The zero-order valence-electron chi connectivity index (χ0n) is 11.8. The van der Waals surface area contributed by atoms with E-state index < -0.39 is 0 Å². The van der Waals surface area contributed by atoms with Gasteiger partial charge in [0.1, 0.15) is 5.75 Å². The highest BCUT2D eigenvalue weighted by atomic mass is 16.5. The van der Waals surface area contributed by atoms with Crippen molar-refractivity contribution in [3.05, 3.63) is 18.0 Å². The Labute approximate surface area is 106 Å². The Kier molecular flexibility index (Phi) is 5.60. The van der Waals surface area contributed by atoms with Crippen LogP contribution in [0.15, 0.2) is 12.3 Å². The Morgan fingerprint density at radius 2 is 1.94 bits per heavy atom. The maximum Gasteiger partial charge on any atom is 0.140 e. The van der Waals surface area contributed by atoms with Crippen LogP contribution >= 0.6 is 0 Å². The molecule has 0 spiro atoms. The van der Waals surface area contributed by atoms with Gasteiger partial charge in [-0.2, -0.15) is 0 Å². The topological polar surface area (TPSA) is 25.0 Å². The number of aromatic nitrogens is 1. The summed E-state index contributed by atoms with van der Waals surface area (Å²) in [5.41, 5.74) is 1.51. The van der Waals surface area contributed by atoms with Crippen LogP contribution in [0.1, 0.15) is 65.0 Å². The summed E-state index contributed by atoms with van der Waals surface area (Å²) < 4.78 is 5.45. The zero-order chi connectivity index (χ0) is 12.7. The van der Waals surface area contributed by atoms with Crippen LogP contribution in [0.25, 0.3) is 0 Å². The van der Waals surface area contributed by atoms with Gasteiger partial charge in [0.2, 0.25) is 0 Å². The fourth-order valence-electron chi connectivity index (χ4n) is 2.69. The van der Waals surface area contributed by atoms with Crippen molar-refractivity contribution in [2.75, 3.05) is 7.11 Å². The van der Waals surface area contributed by atoms with Gasteiger partial charge in [-0.05, 0) is 18.9 Å². The number of ether oxygens (including phenoxy) is 1. The highest BCUT2D eigenvalue weighted by molar-refractivity contribution is 5.34. The molecule has 1 aromatic heterocycles. The molecule has 98 valence electrons. The molecule has 0 radical (unpaired) electrons. The quantitative estimate of drug-likeness (QED) is 0.653. The summed E-state index contributed by atoms with van der Waals surface area (Å²) in [4.78, 5) is 3.38. The summed E-state index contributed by atoms with van der Waals surface area (Å²) in [5.74, 6) is 1.01. The van der Waals surface area contributed by atoms with Gasteiger partial charge in [-0.1, -0.05) is 46.5 Å². The standard InChI is InChI=1S/C15H27NO/c1-5-7-8-11-15(3,10-6-2)14-13(17-4)9-12-16-14/h9,12,16H,5-8,10-11H2,1-4H3. The van der Waals surface area contributed by atoms with Crippen molar-refractivity contribution in [1.29, 1.82) is 0 Å². The number of rotatable bonds is 8. The average Bonchev–Trinajstić information content (AvgIpc) is 2.78. The van der Waals surface area contributed by atoms with Gasteiger partial charge in [0.15, 0.2) is 0 Å². The lowest BCUT2D eigenvalue weighted by Gasteiger charge is -2.29. The number of nitrogens with one attached hydrogen (secondary N) is 1. The maximum absolute atomic E-state index is 5.45. The number of methoxy groups -OCH3 is 1. The van der Waals surface area contributed by atoms with E-state index in [1.165, 1.54) is 44.2 Å². The maximum atomic E-state index is 5.45. The van der Waals surface area contributed by atoms with Crippen LogP contribution in [0.4, 0.5) is 0 Å². The molecule has 1 unspecified atom stereocenters. The molecule has 17 heavy (non-hydrogen) atoms. The first kappa shape index (κ1) is 14.1. The molecule has 0 aliphatic heterocycles. The summed E-state index contributed by atoms with van der Waals surface area (Å²) in [5, 5.41) is 0. The molecule has 0 saturated carbocycles. The molecule has 2 heteroatoms. The lowest BCUT2D eigenvalue weighted by Crippen LogP contribution is -2.23. The first-order valence-electron chi connectivity index (χ1n) is 6.89. The van der Waals surface area contributed by atoms with Gasteiger partial charge in [-0.15, -0.1) is 0 Å². The van der Waals surface area contributed by atoms with E-state index in [1.54, 1.807) is 7.11 Å². The summed E-state index contributed by atoms with van der Waals surface area (Å²) >= 11 is 0. The molecule has 1 N–H and O–H groups in total. The van der Waals surface area contributed by atoms with Crippen LogP contribution in [-0.2, 0) is 5.41 Å². The van der Waals surface area contributed by atoms with Gasteiger partial charge < -0.3 is 9.72 Å². The van der Waals surface area contributed by atoms with E-state index in [4.69, 9.17) is 4.74 Å². The van der Waals surface area contributed by atoms with E-state index >= 15 is 0 Å². The van der Waals surface area contributed by atoms with Crippen molar-refractivity contribution < 1.29 is 4.74 Å². The third-order valence-corrected chi connectivity index (χ3v) is 3.67. The van der Waals surface area contributed by atoms with Crippen LogP contribution < -0.4 is 4.74 Å². The predicted molar refractivity (Wildman–Crippen MR) is 73.7 cm³/mol. The summed E-state index contributed by atoms with van der Waals surface area (Å²) in [6.45, 7) is 6.88. The molecular weight excluding hydrogens is 210 g/mol. The van der Waals surface area contributed by atoms with Crippen molar-refractivity contribution in [3.63, 3.8) is 0 Å². The van der Waals surface area contributed by atoms with E-state index in [-0.39, 0.29) is 5.41 Å². The molecule has 1 atom stereocenters. The van der Waals surface area contributed by atoms with E-state index in [2.05, 4.69) is 25.8 Å². The van der Waals surface area contributed by atoms with Crippen LogP contribution in [0.2, 0.25) is 0 Å². The summed E-state index contributed by atoms with van der Waals surface area (Å²) in [7, 11) is 1.76. The van der Waals surface area contributed by atoms with Gasteiger partial charge >= 0.3 is 0 Å². The Morgan fingerprint density at radius 1 is 1.18 bits per heavy atom. The van der Waals surface area contributed by atoms with E-state index in [1.807, 2.05) is 12.3 Å². The van der Waals surface area contributed by atoms with E-state index in [0.29, 0.717) is 0 Å². The smallest absolute Gasteiger partial charge is 0.140 e. The summed E-state index contributed by atoms with van der Waals surface area (Å²) in [6.07, 6.45) is 9.56. The monoisotopic (exact) mass is 237 g/mol. The third-order valence-electron chi connectivity index (χ3n) is 3.67. The lowest BCUT2D eigenvalue weighted by atomic mass is 9.77. The van der Waals surface area contributed by atoms with Crippen molar-refractivity contribution in [2.24, 2.45) is 0 Å². The van der Waals surface area contributed by atoms with E-state index in [9.17, 15) is 0 Å². The Morgan fingerprint density at radius 3 is 2.53 bits per heavy atom. The average molecular weight is 237 g/mol. The molecule has 1 heterocycles. The number of H-pyrrole nitrogens is 1. The Hall–Kier alpha value is -0.920. The van der Waals surface area contributed by atoms with Gasteiger partial charge in [0, 0.05) is 11.6 Å². The van der Waals surface area contributed by atoms with Gasteiger partial charge in [-0.25, -0.2) is 0 Å². The van der Waals surface area contributed by atoms with Gasteiger partial charge in [0.05, 0.1) is 12.8 Å². The minimum Gasteiger partial charge on any atom is -0.495 e. The Balaban J connectivity index is 2.82. The second kappa shape index (κ2) is 6.73. The van der Waals surface area contributed by atoms with Crippen molar-refractivity contribution in [3.8, 4) is 5.75 Å². The molecule has 0 fully saturated rings. The van der Waals surface area contributed by atoms with Crippen LogP contribution in [0.3, 0.4) is 0 Å². The molecule has 0 aromatic carbocycles. The highest BCUT2D eigenvalue weighted by Gasteiger charge is 2.29. The lowest BCUT2D eigenvalue weighted by molar-refractivity contribution is 0.341.